The Balaban J connectivity index is 1.80. The summed E-state index contributed by atoms with van der Waals surface area (Å²) in [5.41, 5.74) is 0.469. The van der Waals surface area contributed by atoms with E-state index in [2.05, 4.69) is 0 Å². The maximum Gasteiger partial charge on any atom is 0.342 e. The zero-order chi connectivity index (χ0) is 20.8. The fourth-order valence-corrected chi connectivity index (χ4v) is 4.86. The Kier molecular flexibility index (Phi) is 4.50. The molecule has 0 spiro atoms. The zero-order valence-corrected chi connectivity index (χ0v) is 16.6. The highest BCUT2D eigenvalue weighted by Crippen LogP contribution is 2.39. The Hall–Kier alpha value is -3.39. The standard InChI is InChI=1S/C21H18N2O5S/c1-14(24)13-28-18-9-10-20-19(12-18)22(2)21(25)23(29(20,26)27)17-8-7-15-5-3-4-6-16(15)11-17/h3-12H,13H2,1-2H3. The fourth-order valence-electron chi connectivity index (χ4n) is 3.24. The monoisotopic (exact) mass is 410 g/mol. The molecule has 2 amide bonds. The molecule has 3 aromatic rings. The smallest absolute Gasteiger partial charge is 0.342 e. The van der Waals surface area contributed by atoms with Gasteiger partial charge < -0.3 is 4.74 Å². The largest absolute Gasteiger partial charge is 0.486 e. The van der Waals surface area contributed by atoms with Gasteiger partial charge in [0.05, 0.1) is 11.4 Å². The summed E-state index contributed by atoms with van der Waals surface area (Å²) in [7, 11) is -2.62. The minimum absolute atomic E-state index is 0.0112. The van der Waals surface area contributed by atoms with Gasteiger partial charge in [0.1, 0.15) is 17.3 Å². The maximum absolute atomic E-state index is 13.3. The number of hydrogen-bond acceptors (Lipinski definition) is 5. The Morgan fingerprint density at radius 1 is 1.00 bits per heavy atom. The van der Waals surface area contributed by atoms with E-state index in [-0.39, 0.29) is 28.7 Å². The van der Waals surface area contributed by atoms with E-state index in [0.29, 0.717) is 5.75 Å². The molecular weight excluding hydrogens is 392 g/mol. The van der Waals surface area contributed by atoms with Crippen LogP contribution in [0.3, 0.4) is 0 Å². The average Bonchev–Trinajstić information content (AvgIpc) is 2.70. The molecule has 148 valence electrons. The second-order valence-corrected chi connectivity index (χ2v) is 8.52. The van der Waals surface area contributed by atoms with Crippen molar-refractivity contribution in [3.8, 4) is 5.75 Å². The third-order valence-corrected chi connectivity index (χ3v) is 6.43. The van der Waals surface area contributed by atoms with Crippen LogP contribution in [0.15, 0.2) is 65.6 Å². The van der Waals surface area contributed by atoms with Crippen LogP contribution >= 0.6 is 0 Å². The van der Waals surface area contributed by atoms with Crippen LogP contribution in [0.2, 0.25) is 0 Å². The number of ether oxygens (including phenoxy) is 1. The minimum Gasteiger partial charge on any atom is -0.486 e. The summed E-state index contributed by atoms with van der Waals surface area (Å²) < 4.78 is 32.7. The molecule has 0 aromatic heterocycles. The van der Waals surface area contributed by atoms with Crippen molar-refractivity contribution < 1.29 is 22.7 Å². The number of sulfonamides is 1. The van der Waals surface area contributed by atoms with Crippen LogP contribution in [0.25, 0.3) is 10.8 Å². The molecule has 3 aromatic carbocycles. The first-order chi connectivity index (χ1) is 13.8. The fraction of sp³-hybridized carbons (Fsp3) is 0.143. The number of carbonyl (C=O) groups excluding carboxylic acids is 2. The Morgan fingerprint density at radius 3 is 2.45 bits per heavy atom. The van der Waals surface area contributed by atoms with Gasteiger partial charge in [0, 0.05) is 13.1 Å². The average molecular weight is 410 g/mol. The molecule has 1 aliphatic heterocycles. The molecule has 0 radical (unpaired) electrons. The third kappa shape index (κ3) is 3.21. The maximum atomic E-state index is 13.3. The highest BCUT2D eigenvalue weighted by Gasteiger charge is 2.41. The second-order valence-electron chi connectivity index (χ2n) is 6.76. The number of rotatable bonds is 4. The van der Waals surface area contributed by atoms with E-state index in [1.54, 1.807) is 18.2 Å². The molecule has 0 bridgehead atoms. The van der Waals surface area contributed by atoms with E-state index in [1.165, 1.54) is 37.1 Å². The van der Waals surface area contributed by atoms with Crippen molar-refractivity contribution in [3.63, 3.8) is 0 Å². The molecule has 0 fully saturated rings. The lowest BCUT2D eigenvalue weighted by Gasteiger charge is -2.34. The van der Waals surface area contributed by atoms with Crippen LogP contribution in [0.1, 0.15) is 6.92 Å². The van der Waals surface area contributed by atoms with E-state index in [4.69, 9.17) is 4.74 Å². The van der Waals surface area contributed by atoms with Crippen molar-refractivity contribution >= 4 is 44.0 Å². The van der Waals surface area contributed by atoms with Gasteiger partial charge in [-0.15, -0.1) is 0 Å². The third-order valence-electron chi connectivity index (χ3n) is 4.68. The molecule has 1 heterocycles. The first kappa shape index (κ1) is 18.9. The van der Waals surface area contributed by atoms with Gasteiger partial charge >= 0.3 is 6.03 Å². The number of nitrogens with zero attached hydrogens (tertiary/aromatic N) is 2. The predicted molar refractivity (Wildman–Crippen MR) is 110 cm³/mol. The van der Waals surface area contributed by atoms with Crippen LogP contribution in [0.5, 0.6) is 5.75 Å². The van der Waals surface area contributed by atoms with Crippen molar-refractivity contribution in [3.05, 3.63) is 60.7 Å². The van der Waals surface area contributed by atoms with Crippen LogP contribution < -0.4 is 13.9 Å². The number of Topliss-reactive ketones (excluding diaryl/α,β-unsaturated/α-hetero) is 1. The lowest BCUT2D eigenvalue weighted by atomic mass is 10.1. The van der Waals surface area contributed by atoms with Crippen molar-refractivity contribution in [2.24, 2.45) is 0 Å². The summed E-state index contributed by atoms with van der Waals surface area (Å²) in [5.74, 6) is 0.148. The minimum atomic E-state index is -4.12. The highest BCUT2D eigenvalue weighted by atomic mass is 32.2. The van der Waals surface area contributed by atoms with Crippen molar-refractivity contribution in [2.45, 2.75) is 11.8 Å². The van der Waals surface area contributed by atoms with Crippen molar-refractivity contribution in [1.82, 2.24) is 0 Å². The normalized spacial score (nSPS) is 15.3. The molecule has 1 aliphatic rings. The first-order valence-corrected chi connectivity index (χ1v) is 10.3. The Labute approximate surface area is 168 Å². The number of benzene rings is 3. The SMILES string of the molecule is CC(=O)COc1ccc2c(c1)N(C)C(=O)N(c1ccc3ccccc3c1)S2(=O)=O. The molecule has 0 N–H and O–H groups in total. The number of ketones is 1. The summed E-state index contributed by atoms with van der Waals surface area (Å²) in [6.45, 7) is 1.26. The number of carbonyl (C=O) groups is 2. The molecule has 0 unspecified atom stereocenters. The number of urea groups is 1. The summed E-state index contributed by atoms with van der Waals surface area (Å²) in [6.07, 6.45) is 0. The van der Waals surface area contributed by atoms with Gasteiger partial charge in [-0.1, -0.05) is 30.3 Å². The summed E-state index contributed by atoms with van der Waals surface area (Å²) in [6, 6.07) is 16.2. The highest BCUT2D eigenvalue weighted by molar-refractivity contribution is 7.94. The number of anilines is 2. The van der Waals surface area contributed by atoms with Crippen LogP contribution in [0.4, 0.5) is 16.2 Å². The van der Waals surface area contributed by atoms with Crippen molar-refractivity contribution in [2.75, 3.05) is 22.9 Å². The van der Waals surface area contributed by atoms with Gasteiger partial charge in [-0.25, -0.2) is 13.2 Å². The first-order valence-electron chi connectivity index (χ1n) is 8.87. The molecule has 4 rings (SSSR count). The Morgan fingerprint density at radius 2 is 1.72 bits per heavy atom. The van der Waals surface area contributed by atoms with E-state index < -0.39 is 16.1 Å². The second kappa shape index (κ2) is 6.89. The molecular formula is C21H18N2O5S. The molecule has 7 nitrogen and oxygen atoms in total. The lowest BCUT2D eigenvalue weighted by Crippen LogP contribution is -2.49. The zero-order valence-electron chi connectivity index (χ0n) is 15.8. The van der Waals surface area contributed by atoms with Gasteiger partial charge in [-0.2, -0.15) is 4.31 Å². The van der Waals surface area contributed by atoms with E-state index in [1.807, 2.05) is 24.3 Å². The van der Waals surface area contributed by atoms with Gasteiger partial charge in [0.2, 0.25) is 0 Å². The number of amides is 2. The number of fused-ring (bicyclic) bond motifs is 2. The van der Waals surface area contributed by atoms with Gasteiger partial charge in [0.15, 0.2) is 5.78 Å². The number of hydrogen-bond donors (Lipinski definition) is 0. The predicted octanol–water partition coefficient (Wildman–Crippen LogP) is 3.57. The van der Waals surface area contributed by atoms with Crippen LogP contribution in [0, 0.1) is 0 Å². The van der Waals surface area contributed by atoms with Gasteiger partial charge in [-0.05, 0) is 42.0 Å². The molecule has 29 heavy (non-hydrogen) atoms. The van der Waals surface area contributed by atoms with E-state index >= 15 is 0 Å². The summed E-state index contributed by atoms with van der Waals surface area (Å²) in [5, 5.41) is 1.77. The molecule has 0 saturated carbocycles. The quantitative estimate of drug-likeness (QED) is 0.657. The van der Waals surface area contributed by atoms with E-state index in [0.717, 1.165) is 15.1 Å². The molecule has 0 aliphatic carbocycles. The topological polar surface area (TPSA) is 84.0 Å². The van der Waals surface area contributed by atoms with Crippen LogP contribution in [-0.2, 0) is 14.8 Å². The van der Waals surface area contributed by atoms with Gasteiger partial charge in [-0.3, -0.25) is 9.69 Å². The van der Waals surface area contributed by atoms with E-state index in [9.17, 15) is 18.0 Å². The summed E-state index contributed by atoms with van der Waals surface area (Å²) in [4.78, 5) is 25.4. The van der Waals surface area contributed by atoms with Crippen molar-refractivity contribution in [1.29, 1.82) is 0 Å². The molecule has 0 atom stereocenters. The van der Waals surface area contributed by atoms with Crippen LogP contribution in [-0.4, -0.2) is 33.9 Å². The molecule has 8 heteroatoms. The Bertz CT molecular complexity index is 1250. The molecule has 0 saturated heterocycles. The lowest BCUT2D eigenvalue weighted by molar-refractivity contribution is -0.118. The summed E-state index contributed by atoms with van der Waals surface area (Å²) >= 11 is 0. The van der Waals surface area contributed by atoms with Gasteiger partial charge in [0.25, 0.3) is 10.0 Å².